The van der Waals surface area contributed by atoms with Crippen molar-refractivity contribution in [2.45, 2.75) is 32.1 Å². The molecule has 3 aromatic heterocycles. The van der Waals surface area contributed by atoms with E-state index in [1.54, 1.807) is 16.2 Å². The maximum atomic E-state index is 12.9. The summed E-state index contributed by atoms with van der Waals surface area (Å²) >= 11 is 2.63. The fourth-order valence-electron chi connectivity index (χ4n) is 4.00. The second kappa shape index (κ2) is 10.2. The van der Waals surface area contributed by atoms with Crippen molar-refractivity contribution in [2.24, 2.45) is 0 Å². The largest absolute Gasteiger partial charge is 0.352 e. The highest BCUT2D eigenvalue weighted by molar-refractivity contribution is 7.13. The Morgan fingerprint density at radius 3 is 2.70 bits per heavy atom. The third kappa shape index (κ3) is 5.45. The molecule has 4 heterocycles. The van der Waals surface area contributed by atoms with Crippen LogP contribution in [0.4, 0.5) is 5.00 Å². The lowest BCUT2D eigenvalue weighted by molar-refractivity contribution is -0.380. The zero-order chi connectivity index (χ0) is 23.4. The van der Waals surface area contributed by atoms with Crippen LogP contribution in [0.2, 0.25) is 0 Å². The van der Waals surface area contributed by atoms with Crippen LogP contribution in [0.25, 0.3) is 0 Å². The third-order valence-electron chi connectivity index (χ3n) is 5.73. The Kier molecular flexibility index (Phi) is 7.14. The predicted molar refractivity (Wildman–Crippen MR) is 128 cm³/mol. The Balaban J connectivity index is 1.40. The van der Waals surface area contributed by atoms with Crippen LogP contribution in [0, 0.1) is 17.0 Å². The van der Waals surface area contributed by atoms with Gasteiger partial charge in [-0.1, -0.05) is 17.4 Å². The lowest BCUT2D eigenvalue weighted by Crippen LogP contribution is -2.38. The molecule has 172 valence electrons. The van der Waals surface area contributed by atoms with Gasteiger partial charge in [-0.25, -0.2) is 0 Å². The Hall–Kier alpha value is -3.11. The molecule has 8 nitrogen and oxygen atoms in total. The summed E-state index contributed by atoms with van der Waals surface area (Å²) in [7, 11) is 0. The van der Waals surface area contributed by atoms with E-state index in [4.69, 9.17) is 4.98 Å². The first-order valence-electron chi connectivity index (χ1n) is 10.7. The number of pyridine rings is 1. The maximum absolute atomic E-state index is 12.9. The molecule has 0 unspecified atom stereocenters. The molecule has 0 bridgehead atoms. The van der Waals surface area contributed by atoms with Crippen LogP contribution >= 0.6 is 22.7 Å². The Bertz CT molecular complexity index is 1150. The minimum atomic E-state index is -0.482. The molecule has 0 atom stereocenters. The molecule has 0 radical (unpaired) electrons. The lowest BCUT2D eigenvalue weighted by Gasteiger charge is -2.32. The van der Waals surface area contributed by atoms with Crippen LogP contribution in [-0.2, 0) is 6.42 Å². The molecule has 3 aromatic rings. The fraction of sp³-hybridized carbons (Fsp3) is 0.348. The van der Waals surface area contributed by atoms with Crippen LogP contribution in [0.15, 0.2) is 41.1 Å². The fourth-order valence-corrected chi connectivity index (χ4v) is 5.41. The summed E-state index contributed by atoms with van der Waals surface area (Å²) in [5, 5.41) is 17.4. The van der Waals surface area contributed by atoms with Crippen LogP contribution < -0.4 is 5.32 Å². The van der Waals surface area contributed by atoms with E-state index < -0.39 is 4.92 Å². The van der Waals surface area contributed by atoms with E-state index in [2.05, 4.69) is 11.4 Å². The number of amides is 2. The zero-order valence-electron chi connectivity index (χ0n) is 18.2. The Labute approximate surface area is 199 Å². The molecule has 1 aliphatic rings. The van der Waals surface area contributed by atoms with E-state index in [9.17, 15) is 19.7 Å². The summed E-state index contributed by atoms with van der Waals surface area (Å²) in [5.41, 5.74) is 2.57. The van der Waals surface area contributed by atoms with Crippen molar-refractivity contribution in [1.82, 2.24) is 15.2 Å². The van der Waals surface area contributed by atoms with Crippen molar-refractivity contribution in [2.75, 3.05) is 19.6 Å². The van der Waals surface area contributed by atoms with Gasteiger partial charge in [0.2, 0.25) is 0 Å². The number of rotatable bonds is 7. The van der Waals surface area contributed by atoms with Crippen molar-refractivity contribution < 1.29 is 14.5 Å². The number of hydrogen-bond donors (Lipinski definition) is 1. The van der Waals surface area contributed by atoms with Gasteiger partial charge < -0.3 is 10.2 Å². The van der Waals surface area contributed by atoms with Crippen LogP contribution in [0.5, 0.6) is 0 Å². The molecule has 2 amide bonds. The van der Waals surface area contributed by atoms with Gasteiger partial charge in [-0.3, -0.25) is 24.7 Å². The number of thiophene rings is 2. The monoisotopic (exact) mass is 484 g/mol. The van der Waals surface area contributed by atoms with E-state index >= 15 is 0 Å². The van der Waals surface area contributed by atoms with Crippen LogP contribution in [0.3, 0.4) is 0 Å². The Morgan fingerprint density at radius 1 is 1.24 bits per heavy atom. The number of carbonyl (C=O) groups is 2. The van der Waals surface area contributed by atoms with Gasteiger partial charge in [0.05, 0.1) is 21.7 Å². The molecule has 10 heteroatoms. The number of nitro groups is 1. The van der Waals surface area contributed by atoms with Gasteiger partial charge in [-0.05, 0) is 49.8 Å². The van der Waals surface area contributed by atoms with Crippen LogP contribution in [0.1, 0.15) is 55.7 Å². The highest BCUT2D eigenvalue weighted by Crippen LogP contribution is 2.31. The van der Waals surface area contributed by atoms with Crippen molar-refractivity contribution in [3.63, 3.8) is 0 Å². The minimum absolute atomic E-state index is 0.0353. The summed E-state index contributed by atoms with van der Waals surface area (Å²) in [6.07, 6.45) is 2.16. The zero-order valence-corrected chi connectivity index (χ0v) is 19.8. The third-order valence-corrected chi connectivity index (χ3v) is 7.54. The Morgan fingerprint density at radius 2 is 2.03 bits per heavy atom. The van der Waals surface area contributed by atoms with Gasteiger partial charge in [0, 0.05) is 47.6 Å². The summed E-state index contributed by atoms with van der Waals surface area (Å²) in [5.74, 6) is -0.247. The highest BCUT2D eigenvalue weighted by Gasteiger charge is 2.29. The van der Waals surface area contributed by atoms with Crippen molar-refractivity contribution in [1.29, 1.82) is 0 Å². The molecule has 0 saturated carbocycles. The summed E-state index contributed by atoms with van der Waals surface area (Å²) in [6.45, 7) is 3.50. The minimum Gasteiger partial charge on any atom is -0.352 e. The average molecular weight is 485 g/mol. The molecule has 1 N–H and O–H groups in total. The van der Waals surface area contributed by atoms with E-state index in [0.29, 0.717) is 43.6 Å². The number of aromatic nitrogens is 1. The molecule has 0 aliphatic carbocycles. The van der Waals surface area contributed by atoms with Gasteiger partial charge in [0.1, 0.15) is 0 Å². The standard InChI is InChI=1S/C23H24N4O4S2/c1-15-4-5-19(22(28)24-9-6-18-3-2-12-32-18)21(25-15)16-7-10-26(11-8-16)23(29)17-13-20(27(30)31)33-14-17/h2-5,12-14,16H,6-11H2,1H3,(H,24,28). The van der Waals surface area contributed by atoms with Gasteiger partial charge in [0.15, 0.2) is 0 Å². The average Bonchev–Trinajstić information content (AvgIpc) is 3.51. The number of nitrogens with one attached hydrogen (secondary N) is 1. The first kappa shape index (κ1) is 23.1. The van der Waals surface area contributed by atoms with E-state index in [1.165, 1.54) is 16.3 Å². The van der Waals surface area contributed by atoms with Crippen molar-refractivity contribution >= 4 is 39.5 Å². The number of nitrogens with zero attached hydrogens (tertiary/aromatic N) is 3. The number of hydrogen-bond acceptors (Lipinski definition) is 7. The number of likely N-dealkylation sites (tertiary alicyclic amines) is 1. The molecule has 1 fully saturated rings. The molecule has 33 heavy (non-hydrogen) atoms. The quantitative estimate of drug-likeness (QED) is 0.395. The maximum Gasteiger partial charge on any atom is 0.324 e. The number of aryl methyl sites for hydroxylation is 1. The highest BCUT2D eigenvalue weighted by atomic mass is 32.1. The van der Waals surface area contributed by atoms with Gasteiger partial charge in [-0.15, -0.1) is 11.3 Å². The molecule has 1 aliphatic heterocycles. The number of piperidine rings is 1. The summed E-state index contributed by atoms with van der Waals surface area (Å²) in [4.78, 5) is 43.7. The summed E-state index contributed by atoms with van der Waals surface area (Å²) < 4.78 is 0. The van der Waals surface area contributed by atoms with Crippen molar-refractivity contribution in [3.8, 4) is 0 Å². The first-order chi connectivity index (χ1) is 15.9. The topological polar surface area (TPSA) is 105 Å². The van der Waals surface area contributed by atoms with Gasteiger partial charge >= 0.3 is 5.00 Å². The van der Waals surface area contributed by atoms with E-state index in [-0.39, 0.29) is 22.7 Å². The van der Waals surface area contributed by atoms with E-state index in [1.807, 2.05) is 30.5 Å². The first-order valence-corrected chi connectivity index (χ1v) is 12.5. The van der Waals surface area contributed by atoms with Crippen LogP contribution in [-0.4, -0.2) is 46.3 Å². The second-order valence-corrected chi connectivity index (χ2v) is 9.89. The second-order valence-electron chi connectivity index (χ2n) is 7.97. The van der Waals surface area contributed by atoms with E-state index in [0.717, 1.165) is 29.1 Å². The van der Waals surface area contributed by atoms with Gasteiger partial charge in [0.25, 0.3) is 11.8 Å². The smallest absolute Gasteiger partial charge is 0.324 e. The molecule has 1 saturated heterocycles. The van der Waals surface area contributed by atoms with Gasteiger partial charge in [-0.2, -0.15) is 0 Å². The molecule has 0 spiro atoms. The molecular weight excluding hydrogens is 460 g/mol. The van der Waals surface area contributed by atoms with Crippen molar-refractivity contribution in [3.05, 3.63) is 78.6 Å². The molecule has 0 aromatic carbocycles. The normalized spacial score (nSPS) is 14.3. The SMILES string of the molecule is Cc1ccc(C(=O)NCCc2cccs2)c(C2CCN(C(=O)c3csc([N+](=O)[O-])c3)CC2)n1. The molecular formula is C23H24N4O4S2. The predicted octanol–water partition coefficient (Wildman–Crippen LogP) is 4.41. The lowest BCUT2D eigenvalue weighted by atomic mass is 9.89. The number of carbonyl (C=O) groups excluding carboxylic acids is 2. The molecule has 4 rings (SSSR count). The summed E-state index contributed by atoms with van der Waals surface area (Å²) in [6, 6.07) is 9.07.